The predicted octanol–water partition coefficient (Wildman–Crippen LogP) is 3.04. The zero-order valence-electron chi connectivity index (χ0n) is 10.2. The van der Waals surface area contributed by atoms with Crippen molar-refractivity contribution in [3.8, 4) is 0 Å². The first-order chi connectivity index (χ1) is 7.87. The Kier molecular flexibility index (Phi) is 4.75. The second kappa shape index (κ2) is 5.87. The molecule has 4 heteroatoms. The van der Waals surface area contributed by atoms with Crippen LogP contribution in [0, 0.1) is 0 Å². The summed E-state index contributed by atoms with van der Waals surface area (Å²) in [6.07, 6.45) is -0.198. The fourth-order valence-electron chi connectivity index (χ4n) is 1.15. The van der Waals surface area contributed by atoms with E-state index in [0.717, 1.165) is 16.7 Å². The van der Waals surface area contributed by atoms with E-state index in [1.165, 1.54) is 0 Å². The van der Waals surface area contributed by atoms with Gasteiger partial charge in [0.05, 0.1) is 0 Å². The third kappa shape index (κ3) is 6.12. The SMILES string of the molecule is CC(C)(C)OC(=O)CC(=O)Sc1ccccc1. The summed E-state index contributed by atoms with van der Waals surface area (Å²) in [5, 5.41) is -0.203. The van der Waals surface area contributed by atoms with Crippen molar-refractivity contribution in [2.24, 2.45) is 0 Å². The molecule has 0 aromatic heterocycles. The molecule has 0 aliphatic heterocycles. The number of esters is 1. The Balaban J connectivity index is 2.43. The van der Waals surface area contributed by atoms with Crippen LogP contribution in [0.1, 0.15) is 27.2 Å². The van der Waals surface area contributed by atoms with Gasteiger partial charge in [-0.25, -0.2) is 0 Å². The van der Waals surface area contributed by atoms with Crippen molar-refractivity contribution in [2.75, 3.05) is 0 Å². The molecular weight excluding hydrogens is 236 g/mol. The van der Waals surface area contributed by atoms with E-state index in [2.05, 4.69) is 0 Å². The molecule has 1 aromatic rings. The fraction of sp³-hybridized carbons (Fsp3) is 0.385. The number of ether oxygens (including phenoxy) is 1. The highest BCUT2D eigenvalue weighted by molar-refractivity contribution is 8.13. The van der Waals surface area contributed by atoms with Crippen molar-refractivity contribution in [3.05, 3.63) is 30.3 Å². The van der Waals surface area contributed by atoms with Gasteiger partial charge in [-0.3, -0.25) is 9.59 Å². The predicted molar refractivity (Wildman–Crippen MR) is 67.8 cm³/mol. The summed E-state index contributed by atoms with van der Waals surface area (Å²) in [5.74, 6) is -0.481. The van der Waals surface area contributed by atoms with Crippen LogP contribution in [0.2, 0.25) is 0 Å². The summed E-state index contributed by atoms with van der Waals surface area (Å²) >= 11 is 1.06. The average Bonchev–Trinajstić information content (AvgIpc) is 2.15. The lowest BCUT2D eigenvalue weighted by molar-refractivity contribution is -0.155. The first kappa shape index (κ1) is 13.8. The highest BCUT2D eigenvalue weighted by Gasteiger charge is 2.19. The molecule has 0 saturated heterocycles. The van der Waals surface area contributed by atoms with E-state index in [4.69, 9.17) is 4.74 Å². The van der Waals surface area contributed by atoms with Crippen molar-refractivity contribution < 1.29 is 14.3 Å². The second-order valence-corrected chi connectivity index (χ2v) is 5.68. The minimum atomic E-state index is -0.547. The van der Waals surface area contributed by atoms with Crippen LogP contribution in [0.25, 0.3) is 0 Å². The lowest BCUT2D eigenvalue weighted by atomic mass is 10.2. The molecule has 17 heavy (non-hydrogen) atoms. The van der Waals surface area contributed by atoms with Gasteiger partial charge in [0.2, 0.25) is 5.12 Å². The lowest BCUT2D eigenvalue weighted by Crippen LogP contribution is -2.24. The average molecular weight is 252 g/mol. The molecule has 0 heterocycles. The largest absolute Gasteiger partial charge is 0.460 e. The highest BCUT2D eigenvalue weighted by Crippen LogP contribution is 2.20. The van der Waals surface area contributed by atoms with E-state index >= 15 is 0 Å². The van der Waals surface area contributed by atoms with Gasteiger partial charge in [-0.05, 0) is 32.9 Å². The molecule has 0 saturated carbocycles. The van der Waals surface area contributed by atoms with Crippen LogP contribution in [0.4, 0.5) is 0 Å². The summed E-state index contributed by atoms with van der Waals surface area (Å²) in [4.78, 5) is 23.8. The fourth-order valence-corrected chi connectivity index (χ4v) is 1.90. The monoisotopic (exact) mass is 252 g/mol. The van der Waals surface area contributed by atoms with Crippen LogP contribution in [-0.2, 0) is 14.3 Å². The van der Waals surface area contributed by atoms with Crippen molar-refractivity contribution in [1.29, 1.82) is 0 Å². The molecule has 0 radical (unpaired) electrons. The second-order valence-electron chi connectivity index (χ2n) is 4.55. The first-order valence-corrected chi connectivity index (χ1v) is 6.16. The Morgan fingerprint density at radius 1 is 1.18 bits per heavy atom. The quantitative estimate of drug-likeness (QED) is 0.471. The van der Waals surface area contributed by atoms with Crippen LogP contribution in [0.5, 0.6) is 0 Å². The van der Waals surface area contributed by atoms with Gasteiger partial charge in [-0.1, -0.05) is 30.0 Å². The Hall–Kier alpha value is -1.29. The van der Waals surface area contributed by atoms with Gasteiger partial charge in [0.1, 0.15) is 12.0 Å². The van der Waals surface area contributed by atoms with E-state index in [9.17, 15) is 9.59 Å². The minimum absolute atomic E-state index is 0.198. The van der Waals surface area contributed by atoms with E-state index in [-0.39, 0.29) is 11.5 Å². The zero-order chi connectivity index (χ0) is 12.9. The van der Waals surface area contributed by atoms with Crippen molar-refractivity contribution in [2.45, 2.75) is 37.7 Å². The molecule has 0 unspecified atom stereocenters. The maximum atomic E-state index is 11.6. The van der Waals surface area contributed by atoms with Crippen LogP contribution < -0.4 is 0 Å². The number of thioether (sulfide) groups is 1. The van der Waals surface area contributed by atoms with Gasteiger partial charge < -0.3 is 4.74 Å². The normalized spacial score (nSPS) is 11.0. The van der Waals surface area contributed by atoms with Gasteiger partial charge in [-0.15, -0.1) is 0 Å². The highest BCUT2D eigenvalue weighted by atomic mass is 32.2. The van der Waals surface area contributed by atoms with E-state index in [0.29, 0.717) is 0 Å². The smallest absolute Gasteiger partial charge is 0.314 e. The van der Waals surface area contributed by atoms with E-state index in [1.54, 1.807) is 20.8 Å². The Morgan fingerprint density at radius 3 is 2.29 bits per heavy atom. The molecule has 0 aliphatic carbocycles. The number of rotatable bonds is 3. The van der Waals surface area contributed by atoms with Crippen molar-refractivity contribution >= 4 is 22.8 Å². The maximum Gasteiger partial charge on any atom is 0.314 e. The van der Waals surface area contributed by atoms with Gasteiger partial charge in [0.15, 0.2) is 0 Å². The third-order valence-electron chi connectivity index (χ3n) is 1.68. The van der Waals surface area contributed by atoms with Gasteiger partial charge >= 0.3 is 5.97 Å². The van der Waals surface area contributed by atoms with Gasteiger partial charge in [0.25, 0.3) is 0 Å². The molecule has 0 aliphatic rings. The molecule has 0 atom stereocenters. The molecule has 0 N–H and O–H groups in total. The first-order valence-electron chi connectivity index (χ1n) is 5.34. The van der Waals surface area contributed by atoms with E-state index in [1.807, 2.05) is 30.3 Å². The number of hydrogen-bond acceptors (Lipinski definition) is 4. The zero-order valence-corrected chi connectivity index (χ0v) is 11.0. The number of benzene rings is 1. The van der Waals surface area contributed by atoms with Gasteiger partial charge in [0, 0.05) is 4.90 Å². The Morgan fingerprint density at radius 2 is 1.76 bits per heavy atom. The Labute approximate surface area is 106 Å². The molecule has 0 bridgehead atoms. The maximum absolute atomic E-state index is 11.6. The topological polar surface area (TPSA) is 43.4 Å². The van der Waals surface area contributed by atoms with Crippen molar-refractivity contribution in [3.63, 3.8) is 0 Å². The van der Waals surface area contributed by atoms with Crippen LogP contribution >= 0.6 is 11.8 Å². The summed E-state index contributed by atoms with van der Waals surface area (Å²) in [6.45, 7) is 5.33. The number of carbonyl (C=O) groups is 2. The summed E-state index contributed by atoms with van der Waals surface area (Å²) in [7, 11) is 0. The minimum Gasteiger partial charge on any atom is -0.460 e. The number of carbonyl (C=O) groups excluding carboxylic acids is 2. The molecule has 0 fully saturated rings. The Bertz CT molecular complexity index is 393. The van der Waals surface area contributed by atoms with Crippen LogP contribution in [0.15, 0.2) is 35.2 Å². The molecule has 0 spiro atoms. The summed E-state index contributed by atoms with van der Waals surface area (Å²) in [6, 6.07) is 9.24. The molecule has 3 nitrogen and oxygen atoms in total. The van der Waals surface area contributed by atoms with Crippen molar-refractivity contribution in [1.82, 2.24) is 0 Å². The third-order valence-corrected chi connectivity index (χ3v) is 2.56. The summed E-state index contributed by atoms with van der Waals surface area (Å²) < 4.78 is 5.07. The molecule has 0 amide bonds. The number of hydrogen-bond donors (Lipinski definition) is 0. The molecule has 92 valence electrons. The lowest BCUT2D eigenvalue weighted by Gasteiger charge is -2.18. The van der Waals surface area contributed by atoms with Crippen LogP contribution in [-0.4, -0.2) is 16.7 Å². The molecule has 1 aromatic carbocycles. The van der Waals surface area contributed by atoms with Gasteiger partial charge in [-0.2, -0.15) is 0 Å². The molecular formula is C13H16O3S. The van der Waals surface area contributed by atoms with E-state index < -0.39 is 11.6 Å². The summed E-state index contributed by atoms with van der Waals surface area (Å²) in [5.41, 5.74) is -0.547. The van der Waals surface area contributed by atoms with Crippen LogP contribution in [0.3, 0.4) is 0 Å². The molecule has 1 rings (SSSR count). The standard InChI is InChI=1S/C13H16O3S/c1-13(2,3)16-11(14)9-12(15)17-10-7-5-4-6-8-10/h4-8H,9H2,1-3H3.